The Bertz CT molecular complexity index is 907. The van der Waals surface area contributed by atoms with E-state index in [2.05, 4.69) is 25.6 Å². The Morgan fingerprint density at radius 3 is 2.54 bits per heavy atom. The first-order valence-electron chi connectivity index (χ1n) is 8.73. The molecule has 0 aliphatic rings. The fourth-order valence-electron chi connectivity index (χ4n) is 2.72. The van der Waals surface area contributed by atoms with Crippen molar-refractivity contribution >= 4 is 29.9 Å². The number of hydrogen-bond acceptors (Lipinski definition) is 4. The monoisotopic (exact) mass is 492 g/mol. The molecule has 0 aliphatic carbocycles. The summed E-state index contributed by atoms with van der Waals surface area (Å²) in [4.78, 5) is 13.0. The molecule has 0 fully saturated rings. The number of para-hydroxylation sites is 1. The second-order valence-corrected chi connectivity index (χ2v) is 5.96. The number of guanidine groups is 1. The zero-order chi connectivity index (χ0) is 19.1. The molecule has 0 spiro atoms. The lowest BCUT2D eigenvalue weighted by Crippen LogP contribution is -2.36. The predicted molar refractivity (Wildman–Crippen MR) is 122 cm³/mol. The molecule has 3 rings (SSSR count). The second-order valence-electron chi connectivity index (χ2n) is 5.96. The lowest BCUT2D eigenvalue weighted by Gasteiger charge is -2.14. The van der Waals surface area contributed by atoms with Gasteiger partial charge in [0.2, 0.25) is 0 Å². The molecule has 148 valence electrons. The molecule has 0 unspecified atom stereocenters. The maximum absolute atomic E-state index is 5.38. The van der Waals surface area contributed by atoms with Gasteiger partial charge in [-0.05, 0) is 24.6 Å². The molecule has 1 aromatic carbocycles. The van der Waals surface area contributed by atoms with Crippen LogP contribution in [-0.4, -0.2) is 34.7 Å². The minimum Gasteiger partial charge on any atom is -0.496 e. The van der Waals surface area contributed by atoms with E-state index in [0.29, 0.717) is 13.1 Å². The SMILES string of the molecule is CN=C(NCc1ccc(-n2ccnc2C)nc1)NCc1ccccc1OC.I. The van der Waals surface area contributed by atoms with Gasteiger partial charge in [-0.2, -0.15) is 0 Å². The number of aliphatic imine (C=N–C) groups is 1. The number of ether oxygens (including phenoxy) is 1. The van der Waals surface area contributed by atoms with Crippen LogP contribution in [0.25, 0.3) is 5.82 Å². The van der Waals surface area contributed by atoms with E-state index < -0.39 is 0 Å². The Morgan fingerprint density at radius 2 is 1.89 bits per heavy atom. The second kappa shape index (κ2) is 10.6. The van der Waals surface area contributed by atoms with Crippen molar-refractivity contribution in [3.63, 3.8) is 0 Å². The van der Waals surface area contributed by atoms with E-state index in [0.717, 1.165) is 34.5 Å². The van der Waals surface area contributed by atoms with Crippen LogP contribution in [0.1, 0.15) is 17.0 Å². The van der Waals surface area contributed by atoms with E-state index in [-0.39, 0.29) is 24.0 Å². The fourth-order valence-corrected chi connectivity index (χ4v) is 2.72. The van der Waals surface area contributed by atoms with Crippen LogP contribution in [0.5, 0.6) is 5.75 Å². The summed E-state index contributed by atoms with van der Waals surface area (Å²) < 4.78 is 7.33. The summed E-state index contributed by atoms with van der Waals surface area (Å²) >= 11 is 0. The summed E-state index contributed by atoms with van der Waals surface area (Å²) in [5, 5.41) is 6.60. The van der Waals surface area contributed by atoms with Crippen LogP contribution < -0.4 is 15.4 Å². The first-order chi connectivity index (χ1) is 13.2. The van der Waals surface area contributed by atoms with Crippen molar-refractivity contribution in [1.82, 2.24) is 25.2 Å². The highest BCUT2D eigenvalue weighted by molar-refractivity contribution is 14.0. The van der Waals surface area contributed by atoms with E-state index in [1.807, 2.05) is 60.3 Å². The quantitative estimate of drug-likeness (QED) is 0.314. The van der Waals surface area contributed by atoms with Gasteiger partial charge in [-0.3, -0.25) is 9.56 Å². The first kappa shape index (κ1) is 21.7. The summed E-state index contributed by atoms with van der Waals surface area (Å²) in [6.45, 7) is 3.21. The van der Waals surface area contributed by atoms with Crippen molar-refractivity contribution < 1.29 is 4.74 Å². The smallest absolute Gasteiger partial charge is 0.191 e. The summed E-state index contributed by atoms with van der Waals surface area (Å²) in [6.07, 6.45) is 5.53. The highest BCUT2D eigenvalue weighted by Crippen LogP contribution is 2.16. The van der Waals surface area contributed by atoms with Gasteiger partial charge in [0.15, 0.2) is 5.96 Å². The van der Waals surface area contributed by atoms with Crippen molar-refractivity contribution in [3.8, 4) is 11.6 Å². The van der Waals surface area contributed by atoms with Gasteiger partial charge in [0, 0.05) is 44.3 Å². The Kier molecular flexibility index (Phi) is 8.24. The highest BCUT2D eigenvalue weighted by Gasteiger charge is 2.05. The number of nitrogens with zero attached hydrogens (tertiary/aromatic N) is 4. The zero-order valence-corrected chi connectivity index (χ0v) is 18.5. The van der Waals surface area contributed by atoms with Crippen LogP contribution in [0, 0.1) is 6.92 Å². The third-order valence-electron chi connectivity index (χ3n) is 4.20. The average Bonchev–Trinajstić information content (AvgIpc) is 3.14. The number of benzene rings is 1. The topological polar surface area (TPSA) is 76.4 Å². The van der Waals surface area contributed by atoms with E-state index in [1.54, 1.807) is 20.4 Å². The minimum atomic E-state index is 0. The first-order valence-corrected chi connectivity index (χ1v) is 8.73. The van der Waals surface area contributed by atoms with E-state index in [1.165, 1.54) is 0 Å². The van der Waals surface area contributed by atoms with Crippen LogP contribution in [0.3, 0.4) is 0 Å². The molecule has 2 heterocycles. The molecule has 7 nitrogen and oxygen atoms in total. The molecule has 0 saturated carbocycles. The molecule has 3 aromatic rings. The number of aromatic nitrogens is 3. The van der Waals surface area contributed by atoms with Crippen LogP contribution >= 0.6 is 24.0 Å². The van der Waals surface area contributed by atoms with Crippen molar-refractivity contribution in [2.45, 2.75) is 20.0 Å². The number of aryl methyl sites for hydroxylation is 1. The maximum atomic E-state index is 5.38. The van der Waals surface area contributed by atoms with Crippen molar-refractivity contribution in [2.75, 3.05) is 14.2 Å². The highest BCUT2D eigenvalue weighted by atomic mass is 127. The maximum Gasteiger partial charge on any atom is 0.191 e. The third-order valence-corrected chi connectivity index (χ3v) is 4.20. The van der Waals surface area contributed by atoms with Crippen molar-refractivity contribution in [1.29, 1.82) is 0 Å². The van der Waals surface area contributed by atoms with E-state index in [9.17, 15) is 0 Å². The Balaban J connectivity index is 0.00000280. The molecular weight excluding hydrogens is 467 g/mol. The van der Waals surface area contributed by atoms with Gasteiger partial charge < -0.3 is 15.4 Å². The van der Waals surface area contributed by atoms with Gasteiger partial charge in [-0.15, -0.1) is 24.0 Å². The van der Waals surface area contributed by atoms with Gasteiger partial charge in [0.05, 0.1) is 7.11 Å². The molecule has 0 radical (unpaired) electrons. The number of pyridine rings is 1. The number of hydrogen-bond donors (Lipinski definition) is 2. The number of rotatable bonds is 6. The number of imidazole rings is 1. The molecule has 0 amide bonds. The third kappa shape index (κ3) is 5.44. The summed E-state index contributed by atoms with van der Waals surface area (Å²) in [7, 11) is 3.43. The van der Waals surface area contributed by atoms with Crippen molar-refractivity contribution in [3.05, 3.63) is 71.9 Å². The van der Waals surface area contributed by atoms with Gasteiger partial charge >= 0.3 is 0 Å². The molecular formula is C20H25IN6O. The molecule has 2 N–H and O–H groups in total. The number of methoxy groups -OCH3 is 1. The van der Waals surface area contributed by atoms with Crippen LogP contribution in [0.2, 0.25) is 0 Å². The van der Waals surface area contributed by atoms with Gasteiger partial charge in [0.1, 0.15) is 17.4 Å². The summed E-state index contributed by atoms with van der Waals surface area (Å²) in [5.41, 5.74) is 2.14. The lowest BCUT2D eigenvalue weighted by molar-refractivity contribution is 0.409. The van der Waals surface area contributed by atoms with Gasteiger partial charge in [-0.25, -0.2) is 9.97 Å². The predicted octanol–water partition coefficient (Wildman–Crippen LogP) is 3.07. The van der Waals surface area contributed by atoms with Gasteiger partial charge in [-0.1, -0.05) is 24.3 Å². The molecule has 0 atom stereocenters. The molecule has 8 heteroatoms. The Labute approximate surface area is 182 Å². The van der Waals surface area contributed by atoms with Crippen LogP contribution in [0.4, 0.5) is 0 Å². The molecule has 2 aromatic heterocycles. The fraction of sp³-hybridized carbons (Fsp3) is 0.250. The minimum absolute atomic E-state index is 0. The van der Waals surface area contributed by atoms with E-state index >= 15 is 0 Å². The standard InChI is InChI=1S/C20H24N6O.HI/c1-15-22-10-11-26(15)19-9-8-16(12-23-19)13-24-20(21-2)25-14-17-6-4-5-7-18(17)27-3;/h4-12H,13-14H2,1-3H3,(H2,21,24,25);1H. The number of halogens is 1. The normalized spacial score (nSPS) is 10.9. The summed E-state index contributed by atoms with van der Waals surface area (Å²) in [6, 6.07) is 11.9. The van der Waals surface area contributed by atoms with Crippen molar-refractivity contribution in [2.24, 2.45) is 4.99 Å². The summed E-state index contributed by atoms with van der Waals surface area (Å²) in [5.74, 6) is 3.34. The molecule has 0 saturated heterocycles. The molecule has 28 heavy (non-hydrogen) atoms. The van der Waals surface area contributed by atoms with Crippen LogP contribution in [0.15, 0.2) is 60.0 Å². The van der Waals surface area contributed by atoms with Gasteiger partial charge in [0.25, 0.3) is 0 Å². The average molecular weight is 492 g/mol. The Morgan fingerprint density at radius 1 is 1.11 bits per heavy atom. The Hall–Kier alpha value is -2.62. The van der Waals surface area contributed by atoms with E-state index in [4.69, 9.17) is 4.74 Å². The number of nitrogens with one attached hydrogen (secondary N) is 2. The van der Waals surface area contributed by atoms with Crippen LogP contribution in [-0.2, 0) is 13.1 Å². The largest absolute Gasteiger partial charge is 0.496 e. The zero-order valence-electron chi connectivity index (χ0n) is 16.2. The molecule has 0 aliphatic heterocycles. The molecule has 0 bridgehead atoms. The lowest BCUT2D eigenvalue weighted by atomic mass is 10.2.